The third-order valence-electron chi connectivity index (χ3n) is 4.57. The Bertz CT molecular complexity index is 401. The summed E-state index contributed by atoms with van der Waals surface area (Å²) in [6.07, 6.45) is 5.30. The molecule has 0 aromatic heterocycles. The maximum atomic E-state index is 5.99. The average Bonchev–Trinajstić information content (AvgIpc) is 2.89. The molecule has 0 bridgehead atoms. The van der Waals surface area contributed by atoms with E-state index < -0.39 is 0 Å². The van der Waals surface area contributed by atoms with Crippen LogP contribution in [0.15, 0.2) is 24.3 Å². The van der Waals surface area contributed by atoms with Gasteiger partial charge in [-0.1, -0.05) is 23.7 Å². The fourth-order valence-corrected chi connectivity index (χ4v) is 3.63. The Balaban J connectivity index is 0.00000147. The molecule has 2 saturated heterocycles. The van der Waals surface area contributed by atoms with E-state index in [1.807, 2.05) is 12.1 Å². The van der Waals surface area contributed by atoms with Crippen molar-refractivity contribution in [3.05, 3.63) is 34.9 Å². The van der Waals surface area contributed by atoms with Gasteiger partial charge in [0.1, 0.15) is 0 Å². The minimum atomic E-state index is 0. The highest BCUT2D eigenvalue weighted by molar-refractivity contribution is 6.30. The van der Waals surface area contributed by atoms with Crippen LogP contribution < -0.4 is 5.32 Å². The maximum Gasteiger partial charge on any atom is 0.0406 e. The molecule has 112 valence electrons. The van der Waals surface area contributed by atoms with Crippen LogP contribution in [0.25, 0.3) is 0 Å². The summed E-state index contributed by atoms with van der Waals surface area (Å²) >= 11 is 5.99. The molecule has 2 heterocycles. The molecule has 2 nitrogen and oxygen atoms in total. The predicted molar refractivity (Wildman–Crippen MR) is 87.8 cm³/mol. The first-order valence-electron chi connectivity index (χ1n) is 7.53. The van der Waals surface area contributed by atoms with E-state index in [1.54, 1.807) is 0 Å². The Morgan fingerprint density at radius 1 is 1.10 bits per heavy atom. The zero-order valence-corrected chi connectivity index (χ0v) is 13.4. The van der Waals surface area contributed by atoms with Crippen molar-refractivity contribution in [2.75, 3.05) is 26.2 Å². The fourth-order valence-electron chi connectivity index (χ4n) is 3.50. The second kappa shape index (κ2) is 7.65. The summed E-state index contributed by atoms with van der Waals surface area (Å²) in [5.41, 5.74) is 1.44. The molecule has 2 aliphatic heterocycles. The van der Waals surface area contributed by atoms with Crippen LogP contribution in [-0.2, 0) is 0 Å². The molecule has 0 radical (unpaired) electrons. The summed E-state index contributed by atoms with van der Waals surface area (Å²) in [5, 5.41) is 4.30. The number of piperidine rings is 1. The lowest BCUT2D eigenvalue weighted by Crippen LogP contribution is -2.36. The van der Waals surface area contributed by atoms with Crippen LogP contribution in [0.5, 0.6) is 0 Å². The Hall–Kier alpha value is -0.280. The van der Waals surface area contributed by atoms with E-state index in [9.17, 15) is 0 Å². The van der Waals surface area contributed by atoms with Gasteiger partial charge in [-0.05, 0) is 68.9 Å². The van der Waals surface area contributed by atoms with Gasteiger partial charge in [0, 0.05) is 17.6 Å². The maximum absolute atomic E-state index is 5.99. The van der Waals surface area contributed by atoms with Gasteiger partial charge in [0.25, 0.3) is 0 Å². The van der Waals surface area contributed by atoms with E-state index in [0.717, 1.165) is 10.9 Å². The number of rotatable bonds is 3. The molecular formula is C16H24Cl2N2. The lowest BCUT2D eigenvalue weighted by atomic mass is 9.96. The molecule has 1 aromatic carbocycles. The summed E-state index contributed by atoms with van der Waals surface area (Å²) in [7, 11) is 0. The van der Waals surface area contributed by atoms with E-state index in [2.05, 4.69) is 22.3 Å². The van der Waals surface area contributed by atoms with Crippen molar-refractivity contribution < 1.29 is 0 Å². The van der Waals surface area contributed by atoms with Crippen LogP contribution in [0.3, 0.4) is 0 Å². The van der Waals surface area contributed by atoms with Crippen LogP contribution in [0, 0.1) is 5.92 Å². The van der Waals surface area contributed by atoms with Crippen molar-refractivity contribution in [3.8, 4) is 0 Å². The largest absolute Gasteiger partial charge is 0.317 e. The van der Waals surface area contributed by atoms with Gasteiger partial charge in [0.2, 0.25) is 0 Å². The number of nitrogens with zero attached hydrogens (tertiary/aromatic N) is 1. The molecule has 0 spiro atoms. The lowest BCUT2D eigenvalue weighted by Gasteiger charge is -2.31. The number of nitrogens with one attached hydrogen (secondary N) is 1. The number of hydrogen-bond acceptors (Lipinski definition) is 2. The van der Waals surface area contributed by atoms with Crippen molar-refractivity contribution in [1.29, 1.82) is 0 Å². The highest BCUT2D eigenvalue weighted by Gasteiger charge is 2.28. The fraction of sp³-hybridized carbons (Fsp3) is 0.625. The minimum absolute atomic E-state index is 0. The number of likely N-dealkylation sites (tertiary alicyclic amines) is 1. The van der Waals surface area contributed by atoms with Gasteiger partial charge in [-0.25, -0.2) is 0 Å². The summed E-state index contributed by atoms with van der Waals surface area (Å²) in [6, 6.07) is 9.07. The van der Waals surface area contributed by atoms with Crippen molar-refractivity contribution in [1.82, 2.24) is 10.2 Å². The summed E-state index contributed by atoms with van der Waals surface area (Å²) in [5.74, 6) is 0.883. The second-order valence-electron chi connectivity index (χ2n) is 5.90. The second-order valence-corrected chi connectivity index (χ2v) is 6.33. The zero-order valence-electron chi connectivity index (χ0n) is 11.9. The van der Waals surface area contributed by atoms with E-state index in [-0.39, 0.29) is 12.4 Å². The lowest BCUT2D eigenvalue weighted by molar-refractivity contribution is 0.193. The molecule has 3 rings (SSSR count). The number of benzene rings is 1. The molecule has 0 aliphatic carbocycles. The smallest absolute Gasteiger partial charge is 0.0406 e. The minimum Gasteiger partial charge on any atom is -0.317 e. The molecule has 20 heavy (non-hydrogen) atoms. The average molecular weight is 315 g/mol. The van der Waals surface area contributed by atoms with Gasteiger partial charge in [-0.3, -0.25) is 4.90 Å². The van der Waals surface area contributed by atoms with Crippen molar-refractivity contribution in [2.24, 2.45) is 5.92 Å². The Morgan fingerprint density at radius 2 is 1.80 bits per heavy atom. The molecule has 0 saturated carbocycles. The highest BCUT2D eigenvalue weighted by Crippen LogP contribution is 2.33. The van der Waals surface area contributed by atoms with Crippen molar-refractivity contribution in [2.45, 2.75) is 31.7 Å². The van der Waals surface area contributed by atoms with Gasteiger partial charge in [-0.2, -0.15) is 0 Å². The van der Waals surface area contributed by atoms with Gasteiger partial charge in [0.05, 0.1) is 0 Å². The molecule has 2 fully saturated rings. The van der Waals surface area contributed by atoms with Gasteiger partial charge in [0.15, 0.2) is 0 Å². The Labute approximate surface area is 133 Å². The van der Waals surface area contributed by atoms with Gasteiger partial charge >= 0.3 is 0 Å². The molecule has 1 atom stereocenters. The van der Waals surface area contributed by atoms with E-state index in [4.69, 9.17) is 11.6 Å². The van der Waals surface area contributed by atoms with Crippen molar-refractivity contribution in [3.63, 3.8) is 0 Å². The van der Waals surface area contributed by atoms with Gasteiger partial charge < -0.3 is 5.32 Å². The van der Waals surface area contributed by atoms with E-state index in [1.165, 1.54) is 57.4 Å². The molecule has 2 aliphatic rings. The first-order chi connectivity index (χ1) is 9.33. The standard InChI is InChI=1S/C16H23ClN2.ClH/c17-15-5-3-14(4-6-15)16-2-1-11-19(16)12-13-7-9-18-10-8-13;/h3-6,13,16,18H,1-2,7-12H2;1H. The topological polar surface area (TPSA) is 15.3 Å². The third-order valence-corrected chi connectivity index (χ3v) is 4.82. The first kappa shape index (κ1) is 16.1. The zero-order chi connectivity index (χ0) is 13.1. The number of halogens is 2. The van der Waals surface area contributed by atoms with Crippen LogP contribution >= 0.6 is 24.0 Å². The normalized spacial score (nSPS) is 24.6. The van der Waals surface area contributed by atoms with Crippen LogP contribution in [0.2, 0.25) is 5.02 Å². The van der Waals surface area contributed by atoms with Crippen LogP contribution in [0.1, 0.15) is 37.3 Å². The van der Waals surface area contributed by atoms with Crippen LogP contribution in [-0.4, -0.2) is 31.1 Å². The van der Waals surface area contributed by atoms with E-state index >= 15 is 0 Å². The quantitative estimate of drug-likeness (QED) is 0.910. The summed E-state index contributed by atoms with van der Waals surface area (Å²) in [6.45, 7) is 4.93. The molecule has 4 heteroatoms. The van der Waals surface area contributed by atoms with E-state index in [0.29, 0.717) is 6.04 Å². The SMILES string of the molecule is Cl.Clc1ccc(C2CCCN2CC2CCNCC2)cc1. The summed E-state index contributed by atoms with van der Waals surface area (Å²) < 4.78 is 0. The molecule has 0 amide bonds. The number of hydrogen-bond donors (Lipinski definition) is 1. The Kier molecular flexibility index (Phi) is 6.16. The van der Waals surface area contributed by atoms with Crippen molar-refractivity contribution >= 4 is 24.0 Å². The molecular weight excluding hydrogens is 291 g/mol. The molecule has 1 N–H and O–H groups in total. The van der Waals surface area contributed by atoms with Crippen LogP contribution in [0.4, 0.5) is 0 Å². The third kappa shape index (κ3) is 3.88. The predicted octanol–water partition coefficient (Wildman–Crippen LogP) is 3.90. The highest BCUT2D eigenvalue weighted by atomic mass is 35.5. The summed E-state index contributed by atoms with van der Waals surface area (Å²) in [4.78, 5) is 2.69. The monoisotopic (exact) mass is 314 g/mol. The molecule has 1 unspecified atom stereocenters. The molecule has 1 aromatic rings. The Morgan fingerprint density at radius 3 is 2.50 bits per heavy atom. The first-order valence-corrected chi connectivity index (χ1v) is 7.91. The van der Waals surface area contributed by atoms with Gasteiger partial charge in [-0.15, -0.1) is 12.4 Å².